The van der Waals surface area contributed by atoms with Crippen molar-refractivity contribution in [3.05, 3.63) is 30.5 Å². The summed E-state index contributed by atoms with van der Waals surface area (Å²) in [5.41, 5.74) is 2.01. The van der Waals surface area contributed by atoms with Gasteiger partial charge >= 0.3 is 0 Å². The monoisotopic (exact) mass is 323 g/mol. The minimum absolute atomic E-state index is 0.754. The maximum atomic E-state index is 5.50. The largest absolute Gasteiger partial charge is 0.378 e. The Bertz CT molecular complexity index is 878. The number of benzene rings is 1. The van der Waals surface area contributed by atoms with Crippen LogP contribution in [0.3, 0.4) is 0 Å². The molecule has 0 unspecified atom stereocenters. The van der Waals surface area contributed by atoms with E-state index in [1.54, 1.807) is 0 Å². The van der Waals surface area contributed by atoms with Gasteiger partial charge in [0.15, 0.2) is 5.65 Å². The van der Waals surface area contributed by atoms with Gasteiger partial charge in [0.05, 0.1) is 24.9 Å². The van der Waals surface area contributed by atoms with Crippen molar-refractivity contribution in [1.29, 1.82) is 0 Å². The standard InChI is InChI=1S/C18H21N5O/c1-2-6-15-14(5-1)17-20-16(21-7-3-4-8-21)13-23(17)18(19-15)22-9-11-24-12-10-22/h1-2,5-6,13H,3-4,7-12H2. The first kappa shape index (κ1) is 14.0. The number of fused-ring (bicyclic) bond motifs is 3. The molecule has 0 spiro atoms. The van der Waals surface area contributed by atoms with Crippen LogP contribution in [0.25, 0.3) is 16.6 Å². The fourth-order valence-electron chi connectivity index (χ4n) is 3.72. The lowest BCUT2D eigenvalue weighted by Crippen LogP contribution is -2.37. The predicted octanol–water partition coefficient (Wildman–Crippen LogP) is 2.32. The zero-order chi connectivity index (χ0) is 15.9. The molecule has 3 aromatic rings. The molecule has 2 saturated heterocycles. The van der Waals surface area contributed by atoms with Crippen molar-refractivity contribution >= 4 is 28.3 Å². The highest BCUT2D eigenvalue weighted by atomic mass is 16.5. The van der Waals surface area contributed by atoms with Crippen molar-refractivity contribution in [3.63, 3.8) is 0 Å². The van der Waals surface area contributed by atoms with E-state index in [9.17, 15) is 0 Å². The van der Waals surface area contributed by atoms with E-state index in [0.717, 1.165) is 67.7 Å². The molecule has 5 rings (SSSR count). The van der Waals surface area contributed by atoms with Crippen LogP contribution in [0, 0.1) is 0 Å². The minimum atomic E-state index is 0.754. The molecule has 0 saturated carbocycles. The molecule has 2 fully saturated rings. The van der Waals surface area contributed by atoms with Crippen LogP contribution in [0.5, 0.6) is 0 Å². The lowest BCUT2D eigenvalue weighted by molar-refractivity contribution is 0.122. The Kier molecular flexibility index (Phi) is 3.29. The average Bonchev–Trinajstić information content (AvgIpc) is 3.31. The van der Waals surface area contributed by atoms with E-state index in [1.165, 1.54) is 12.8 Å². The van der Waals surface area contributed by atoms with Crippen LogP contribution >= 0.6 is 0 Å². The van der Waals surface area contributed by atoms with Crippen molar-refractivity contribution in [3.8, 4) is 0 Å². The molecule has 2 aliphatic rings. The molecule has 0 amide bonds. The number of imidazole rings is 1. The Morgan fingerprint density at radius 3 is 2.50 bits per heavy atom. The molecule has 0 bridgehead atoms. The average molecular weight is 323 g/mol. The second-order valence-electron chi connectivity index (χ2n) is 6.52. The van der Waals surface area contributed by atoms with Gasteiger partial charge in [0.1, 0.15) is 5.82 Å². The number of ether oxygens (including phenoxy) is 1. The highest BCUT2D eigenvalue weighted by Gasteiger charge is 2.21. The highest BCUT2D eigenvalue weighted by Crippen LogP contribution is 2.28. The molecule has 1 aromatic carbocycles. The number of rotatable bonds is 2. The van der Waals surface area contributed by atoms with E-state index in [4.69, 9.17) is 14.7 Å². The summed E-state index contributed by atoms with van der Waals surface area (Å²) < 4.78 is 7.67. The topological polar surface area (TPSA) is 45.9 Å². The highest BCUT2D eigenvalue weighted by molar-refractivity contribution is 5.93. The predicted molar refractivity (Wildman–Crippen MR) is 95.0 cm³/mol. The van der Waals surface area contributed by atoms with Gasteiger partial charge in [0, 0.05) is 31.6 Å². The van der Waals surface area contributed by atoms with Gasteiger partial charge in [-0.3, -0.25) is 4.40 Å². The minimum Gasteiger partial charge on any atom is -0.378 e. The van der Waals surface area contributed by atoms with E-state index in [-0.39, 0.29) is 0 Å². The van der Waals surface area contributed by atoms with Crippen molar-refractivity contribution in [2.75, 3.05) is 49.2 Å². The van der Waals surface area contributed by atoms with Gasteiger partial charge in [-0.1, -0.05) is 12.1 Å². The van der Waals surface area contributed by atoms with Gasteiger partial charge in [-0.25, -0.2) is 9.97 Å². The number of nitrogens with zero attached hydrogens (tertiary/aromatic N) is 5. The van der Waals surface area contributed by atoms with Crippen LogP contribution in [0.4, 0.5) is 11.8 Å². The van der Waals surface area contributed by atoms with Crippen LogP contribution in [0.15, 0.2) is 30.5 Å². The fourth-order valence-corrected chi connectivity index (χ4v) is 3.72. The molecule has 0 aliphatic carbocycles. The number of para-hydroxylation sites is 1. The SMILES string of the molecule is c1ccc2c(c1)nc(N1CCOCC1)n1cc(N3CCCC3)nc21. The summed E-state index contributed by atoms with van der Waals surface area (Å²) in [6.07, 6.45) is 4.66. The molecule has 0 N–H and O–H groups in total. The molecule has 6 nitrogen and oxygen atoms in total. The number of hydrogen-bond donors (Lipinski definition) is 0. The smallest absolute Gasteiger partial charge is 0.212 e. The number of anilines is 2. The Balaban J connectivity index is 1.72. The Labute approximate surface area is 140 Å². The summed E-state index contributed by atoms with van der Waals surface area (Å²) in [4.78, 5) is 14.6. The molecular weight excluding hydrogens is 302 g/mol. The number of aromatic nitrogens is 3. The van der Waals surface area contributed by atoms with Crippen LogP contribution < -0.4 is 9.80 Å². The van der Waals surface area contributed by atoms with E-state index in [1.807, 2.05) is 6.07 Å². The van der Waals surface area contributed by atoms with Crippen molar-refractivity contribution < 1.29 is 4.74 Å². The number of hydrogen-bond acceptors (Lipinski definition) is 5. The molecule has 124 valence electrons. The van der Waals surface area contributed by atoms with Crippen molar-refractivity contribution in [2.45, 2.75) is 12.8 Å². The zero-order valence-electron chi connectivity index (χ0n) is 13.7. The van der Waals surface area contributed by atoms with Gasteiger partial charge < -0.3 is 14.5 Å². The van der Waals surface area contributed by atoms with Crippen LogP contribution in [0.1, 0.15) is 12.8 Å². The first-order valence-corrected chi connectivity index (χ1v) is 8.76. The first-order valence-electron chi connectivity index (χ1n) is 8.76. The third kappa shape index (κ3) is 2.21. The maximum absolute atomic E-state index is 5.50. The summed E-state index contributed by atoms with van der Waals surface area (Å²) in [6.45, 7) is 5.45. The third-order valence-corrected chi connectivity index (χ3v) is 5.00. The molecule has 4 heterocycles. The van der Waals surface area contributed by atoms with E-state index < -0.39 is 0 Å². The van der Waals surface area contributed by atoms with Gasteiger partial charge in [0.2, 0.25) is 5.95 Å². The zero-order valence-corrected chi connectivity index (χ0v) is 13.7. The summed E-state index contributed by atoms with van der Waals surface area (Å²) in [7, 11) is 0. The second kappa shape index (κ2) is 5.63. The Morgan fingerprint density at radius 2 is 1.67 bits per heavy atom. The molecule has 0 atom stereocenters. The molecule has 2 aliphatic heterocycles. The first-order chi connectivity index (χ1) is 11.9. The molecule has 24 heavy (non-hydrogen) atoms. The van der Waals surface area contributed by atoms with E-state index in [0.29, 0.717) is 0 Å². The summed E-state index contributed by atoms with van der Waals surface area (Å²) in [5, 5.41) is 1.11. The summed E-state index contributed by atoms with van der Waals surface area (Å²) in [5.74, 6) is 2.05. The molecule has 0 radical (unpaired) electrons. The van der Waals surface area contributed by atoms with E-state index in [2.05, 4.69) is 38.6 Å². The molecule has 2 aromatic heterocycles. The summed E-state index contributed by atoms with van der Waals surface area (Å²) in [6, 6.07) is 8.28. The van der Waals surface area contributed by atoms with Gasteiger partial charge in [0.25, 0.3) is 0 Å². The molecule has 6 heteroatoms. The number of morpholine rings is 1. The fraction of sp³-hybridized carbons (Fsp3) is 0.444. The van der Waals surface area contributed by atoms with E-state index >= 15 is 0 Å². The molecular formula is C18H21N5O. The van der Waals surface area contributed by atoms with Gasteiger partial charge in [-0.2, -0.15) is 0 Å². The van der Waals surface area contributed by atoms with Crippen molar-refractivity contribution in [1.82, 2.24) is 14.4 Å². The summed E-state index contributed by atoms with van der Waals surface area (Å²) >= 11 is 0. The van der Waals surface area contributed by atoms with Gasteiger partial charge in [-0.05, 0) is 25.0 Å². The van der Waals surface area contributed by atoms with Gasteiger partial charge in [-0.15, -0.1) is 0 Å². The normalized spacial score (nSPS) is 18.8. The van der Waals surface area contributed by atoms with Crippen LogP contribution in [-0.2, 0) is 4.74 Å². The lowest BCUT2D eigenvalue weighted by Gasteiger charge is -2.28. The Hall–Kier alpha value is -2.34. The van der Waals surface area contributed by atoms with Crippen molar-refractivity contribution in [2.24, 2.45) is 0 Å². The van der Waals surface area contributed by atoms with Crippen LogP contribution in [-0.4, -0.2) is 53.8 Å². The lowest BCUT2D eigenvalue weighted by atomic mass is 10.2. The maximum Gasteiger partial charge on any atom is 0.212 e. The van der Waals surface area contributed by atoms with Crippen LogP contribution in [0.2, 0.25) is 0 Å². The second-order valence-corrected chi connectivity index (χ2v) is 6.52. The Morgan fingerprint density at radius 1 is 0.875 bits per heavy atom. The quantitative estimate of drug-likeness (QED) is 0.724. The third-order valence-electron chi connectivity index (χ3n) is 5.00.